The normalized spacial score (nSPS) is 13.4. The monoisotopic (exact) mass is 445 g/mol. The average Bonchev–Trinajstić information content (AvgIpc) is 2.67. The fourth-order valence-electron chi connectivity index (χ4n) is 2.46. The van der Waals surface area contributed by atoms with E-state index in [0.717, 1.165) is 0 Å². The van der Waals surface area contributed by atoms with Crippen LogP contribution in [0.2, 0.25) is 0 Å². The molecule has 3 unspecified atom stereocenters. The van der Waals surface area contributed by atoms with E-state index in [1.807, 2.05) is 0 Å². The molecule has 176 valence electrons. The first-order chi connectivity index (χ1) is 14.5. The Kier molecular flexibility index (Phi) is 13.1. The molecule has 0 aliphatic heterocycles. The van der Waals surface area contributed by atoms with Gasteiger partial charge in [-0.05, 0) is 32.2 Å². The molecule has 5 amide bonds. The van der Waals surface area contributed by atoms with Crippen molar-refractivity contribution < 1.29 is 33.9 Å². The van der Waals surface area contributed by atoms with Crippen LogP contribution in [-0.4, -0.2) is 71.8 Å². The molecule has 0 spiro atoms. The van der Waals surface area contributed by atoms with Crippen molar-refractivity contribution in [2.24, 2.45) is 22.9 Å². The van der Waals surface area contributed by atoms with E-state index in [2.05, 4.69) is 16.0 Å². The Balaban J connectivity index is 5.30. The molecule has 0 aliphatic carbocycles. The molecule has 0 aliphatic rings. The fourth-order valence-corrected chi connectivity index (χ4v) is 2.46. The standard InChI is InChI=1S/C17H31N7O7/c18-6-2-1-3-10(23-15(29)9(19)7-13(21)26)17(31)24-11(4-5-12(20)25)16(30)22-8-14(27)28/h9-11H,1-8,18-19H2,(H2,20,25)(H2,21,26)(H,22,30)(H,23,29)(H,24,31)(H,27,28). The maximum absolute atomic E-state index is 12.7. The number of amides is 5. The van der Waals surface area contributed by atoms with Crippen LogP contribution >= 0.6 is 0 Å². The summed E-state index contributed by atoms with van der Waals surface area (Å²) in [5.74, 6) is -5.23. The topological polar surface area (TPSA) is 263 Å². The first-order valence-electron chi connectivity index (χ1n) is 9.60. The Hall–Kier alpha value is -3.26. The van der Waals surface area contributed by atoms with Gasteiger partial charge in [0.15, 0.2) is 0 Å². The largest absolute Gasteiger partial charge is 0.480 e. The molecule has 12 N–H and O–H groups in total. The number of carbonyl (C=O) groups is 6. The second-order valence-corrected chi connectivity index (χ2v) is 6.80. The SMILES string of the molecule is NCCCCC(NC(=O)C(N)CC(N)=O)C(=O)NC(CCC(N)=O)C(=O)NCC(=O)O. The molecule has 0 radical (unpaired) electrons. The molecule has 14 heteroatoms. The number of aliphatic carboxylic acids is 1. The van der Waals surface area contributed by atoms with Gasteiger partial charge in [-0.25, -0.2) is 0 Å². The van der Waals surface area contributed by atoms with Crippen molar-refractivity contribution in [1.29, 1.82) is 0 Å². The van der Waals surface area contributed by atoms with Crippen LogP contribution in [0.4, 0.5) is 0 Å². The minimum atomic E-state index is -1.30. The number of carboxylic acids is 1. The van der Waals surface area contributed by atoms with Gasteiger partial charge in [-0.2, -0.15) is 0 Å². The minimum absolute atomic E-state index is 0.150. The third kappa shape index (κ3) is 12.8. The first kappa shape index (κ1) is 27.7. The molecule has 0 bridgehead atoms. The predicted octanol–water partition coefficient (Wildman–Crippen LogP) is -4.25. The van der Waals surface area contributed by atoms with Crippen molar-refractivity contribution in [1.82, 2.24) is 16.0 Å². The molecule has 0 aromatic carbocycles. The molecule has 31 heavy (non-hydrogen) atoms. The van der Waals surface area contributed by atoms with Crippen LogP contribution in [0.1, 0.15) is 38.5 Å². The number of nitrogens with two attached hydrogens (primary N) is 4. The maximum Gasteiger partial charge on any atom is 0.322 e. The number of hydrogen-bond donors (Lipinski definition) is 8. The predicted molar refractivity (Wildman–Crippen MR) is 108 cm³/mol. The first-order valence-corrected chi connectivity index (χ1v) is 9.60. The summed E-state index contributed by atoms with van der Waals surface area (Å²) in [7, 11) is 0. The number of carboxylic acid groups (broad SMARTS) is 1. The number of carbonyl (C=O) groups excluding carboxylic acids is 5. The molecule has 0 aromatic heterocycles. The van der Waals surface area contributed by atoms with E-state index in [4.69, 9.17) is 28.0 Å². The van der Waals surface area contributed by atoms with E-state index >= 15 is 0 Å². The number of nitrogens with one attached hydrogen (secondary N) is 3. The lowest BCUT2D eigenvalue weighted by molar-refractivity contribution is -0.138. The van der Waals surface area contributed by atoms with Gasteiger partial charge in [0.05, 0.1) is 12.5 Å². The van der Waals surface area contributed by atoms with Gasteiger partial charge in [-0.1, -0.05) is 0 Å². The summed E-state index contributed by atoms with van der Waals surface area (Å²) >= 11 is 0. The van der Waals surface area contributed by atoms with Crippen molar-refractivity contribution in [3.8, 4) is 0 Å². The number of hydrogen-bond acceptors (Lipinski definition) is 8. The molecule has 0 aromatic rings. The minimum Gasteiger partial charge on any atom is -0.480 e. The van der Waals surface area contributed by atoms with Crippen LogP contribution in [0.3, 0.4) is 0 Å². The van der Waals surface area contributed by atoms with Crippen molar-refractivity contribution >= 4 is 35.5 Å². The molecule has 0 saturated carbocycles. The summed E-state index contributed by atoms with van der Waals surface area (Å²) in [6, 6.07) is -3.67. The third-order valence-corrected chi connectivity index (χ3v) is 4.06. The van der Waals surface area contributed by atoms with E-state index in [9.17, 15) is 28.8 Å². The van der Waals surface area contributed by atoms with Gasteiger partial charge in [0.2, 0.25) is 29.5 Å². The lowest BCUT2D eigenvalue weighted by Gasteiger charge is -2.24. The van der Waals surface area contributed by atoms with Crippen molar-refractivity contribution in [2.75, 3.05) is 13.1 Å². The zero-order valence-electron chi connectivity index (χ0n) is 17.1. The lowest BCUT2D eigenvalue weighted by atomic mass is 10.1. The highest BCUT2D eigenvalue weighted by Crippen LogP contribution is 2.05. The smallest absolute Gasteiger partial charge is 0.322 e. The van der Waals surface area contributed by atoms with Crippen LogP contribution < -0.4 is 38.9 Å². The second-order valence-electron chi connectivity index (χ2n) is 6.80. The van der Waals surface area contributed by atoms with Crippen LogP contribution in [-0.2, 0) is 28.8 Å². The highest BCUT2D eigenvalue weighted by molar-refractivity contribution is 5.94. The number of primary amides is 2. The van der Waals surface area contributed by atoms with Gasteiger partial charge in [-0.3, -0.25) is 28.8 Å². The molecule has 0 fully saturated rings. The van der Waals surface area contributed by atoms with Gasteiger partial charge in [-0.15, -0.1) is 0 Å². The highest BCUT2D eigenvalue weighted by Gasteiger charge is 2.28. The lowest BCUT2D eigenvalue weighted by Crippen LogP contribution is -2.56. The summed E-state index contributed by atoms with van der Waals surface area (Å²) in [4.78, 5) is 69.8. The summed E-state index contributed by atoms with van der Waals surface area (Å²) in [5, 5.41) is 15.6. The van der Waals surface area contributed by atoms with Gasteiger partial charge in [0.25, 0.3) is 0 Å². The van der Waals surface area contributed by atoms with Crippen LogP contribution in [0.25, 0.3) is 0 Å². The van der Waals surface area contributed by atoms with E-state index in [-0.39, 0.29) is 19.3 Å². The summed E-state index contributed by atoms with van der Waals surface area (Å²) in [5.41, 5.74) is 21.1. The van der Waals surface area contributed by atoms with Crippen LogP contribution in [0.15, 0.2) is 0 Å². The summed E-state index contributed by atoms with van der Waals surface area (Å²) < 4.78 is 0. The molecule has 0 saturated heterocycles. The molecular formula is C17H31N7O7. The Morgan fingerprint density at radius 3 is 1.90 bits per heavy atom. The molecule has 0 rings (SSSR count). The Morgan fingerprint density at radius 2 is 1.39 bits per heavy atom. The van der Waals surface area contributed by atoms with Gasteiger partial charge >= 0.3 is 5.97 Å². The van der Waals surface area contributed by atoms with Gasteiger partial charge in [0.1, 0.15) is 18.6 Å². The second kappa shape index (κ2) is 14.7. The Morgan fingerprint density at radius 1 is 0.806 bits per heavy atom. The van der Waals surface area contributed by atoms with Crippen LogP contribution in [0, 0.1) is 0 Å². The van der Waals surface area contributed by atoms with Gasteiger partial charge in [0, 0.05) is 6.42 Å². The van der Waals surface area contributed by atoms with Gasteiger partial charge < -0.3 is 44.0 Å². The van der Waals surface area contributed by atoms with Crippen molar-refractivity contribution in [3.63, 3.8) is 0 Å². The van der Waals surface area contributed by atoms with Crippen LogP contribution in [0.5, 0.6) is 0 Å². The summed E-state index contributed by atoms with van der Waals surface area (Å²) in [6.07, 6.45) is 0.295. The van der Waals surface area contributed by atoms with E-state index in [1.54, 1.807) is 0 Å². The van der Waals surface area contributed by atoms with E-state index < -0.39 is 66.6 Å². The zero-order valence-corrected chi connectivity index (χ0v) is 17.1. The average molecular weight is 445 g/mol. The Labute approximate surface area is 178 Å². The molecular weight excluding hydrogens is 414 g/mol. The van der Waals surface area contributed by atoms with E-state index in [1.165, 1.54) is 0 Å². The van der Waals surface area contributed by atoms with Crippen molar-refractivity contribution in [3.05, 3.63) is 0 Å². The maximum atomic E-state index is 12.7. The fraction of sp³-hybridized carbons (Fsp3) is 0.647. The highest BCUT2D eigenvalue weighted by atomic mass is 16.4. The molecule has 14 nitrogen and oxygen atoms in total. The van der Waals surface area contributed by atoms with Crippen molar-refractivity contribution in [2.45, 2.75) is 56.7 Å². The summed E-state index contributed by atoms with van der Waals surface area (Å²) in [6.45, 7) is -0.345. The van der Waals surface area contributed by atoms with E-state index in [0.29, 0.717) is 19.4 Å². The quantitative estimate of drug-likeness (QED) is 0.107. The Bertz CT molecular complexity index is 671. The molecule has 0 heterocycles. The molecule has 3 atom stereocenters. The zero-order chi connectivity index (χ0) is 24.0. The number of rotatable bonds is 16. The third-order valence-electron chi connectivity index (χ3n) is 4.06. The number of unbranched alkanes of at least 4 members (excludes halogenated alkanes) is 1.